The van der Waals surface area contributed by atoms with Crippen LogP contribution in [0, 0.1) is 0 Å². The van der Waals surface area contributed by atoms with Gasteiger partial charge in [0.25, 0.3) is 0 Å². The predicted octanol–water partition coefficient (Wildman–Crippen LogP) is 6.73. The van der Waals surface area contributed by atoms with Gasteiger partial charge in [0.1, 0.15) is 22.3 Å². The fourth-order valence-corrected chi connectivity index (χ4v) is 4.71. The summed E-state index contributed by atoms with van der Waals surface area (Å²) in [5.41, 5.74) is 4.20. The minimum Gasteiger partial charge on any atom is -0.465 e. The molecule has 4 aromatic carbocycles. The van der Waals surface area contributed by atoms with Gasteiger partial charge in [0.05, 0.1) is 25.3 Å². The summed E-state index contributed by atoms with van der Waals surface area (Å²) >= 11 is 0. The van der Waals surface area contributed by atoms with Crippen molar-refractivity contribution in [3.63, 3.8) is 0 Å². The lowest BCUT2D eigenvalue weighted by Gasteiger charge is -2.15. The van der Waals surface area contributed by atoms with Crippen LogP contribution < -0.4 is 0 Å². The second-order valence-corrected chi connectivity index (χ2v) is 7.90. The van der Waals surface area contributed by atoms with Crippen LogP contribution in [0.3, 0.4) is 0 Å². The average molecular weight is 450 g/mol. The van der Waals surface area contributed by atoms with Crippen LogP contribution in [0.25, 0.3) is 55.0 Å². The highest BCUT2D eigenvalue weighted by atomic mass is 16.5. The summed E-state index contributed by atoms with van der Waals surface area (Å²) in [6, 6.07) is 22.0. The summed E-state index contributed by atoms with van der Waals surface area (Å²) in [7, 11) is 2.66. The van der Waals surface area contributed by atoms with Gasteiger partial charge in [0, 0.05) is 32.7 Å². The van der Waals surface area contributed by atoms with E-state index in [1.54, 1.807) is 24.3 Å². The minimum absolute atomic E-state index is 0.310. The van der Waals surface area contributed by atoms with Crippen molar-refractivity contribution >= 4 is 55.8 Å². The molecular formula is C28H18O6. The van der Waals surface area contributed by atoms with E-state index >= 15 is 0 Å². The number of hydrogen-bond donors (Lipinski definition) is 0. The number of methoxy groups -OCH3 is 2. The Morgan fingerprint density at radius 1 is 0.559 bits per heavy atom. The number of para-hydroxylation sites is 2. The molecule has 6 heteroatoms. The van der Waals surface area contributed by atoms with Gasteiger partial charge in [0.15, 0.2) is 0 Å². The summed E-state index contributed by atoms with van der Waals surface area (Å²) in [4.78, 5) is 26.0. The lowest BCUT2D eigenvalue weighted by molar-refractivity contribution is 0.0590. The normalized spacial score (nSPS) is 11.5. The molecule has 6 aromatic rings. The Bertz CT molecular complexity index is 1640. The third-order valence-corrected chi connectivity index (χ3v) is 6.15. The van der Waals surface area contributed by atoms with Gasteiger partial charge in [0.2, 0.25) is 0 Å². The van der Waals surface area contributed by atoms with Crippen LogP contribution in [0.5, 0.6) is 0 Å². The van der Waals surface area contributed by atoms with E-state index in [1.165, 1.54) is 14.2 Å². The van der Waals surface area contributed by atoms with Crippen molar-refractivity contribution in [2.45, 2.75) is 0 Å². The molecule has 0 aliphatic rings. The molecule has 0 bridgehead atoms. The number of fused-ring (bicyclic) bond motifs is 6. The Morgan fingerprint density at radius 3 is 1.38 bits per heavy atom. The number of carbonyl (C=O) groups excluding carboxylic acids is 2. The van der Waals surface area contributed by atoms with Crippen LogP contribution in [0.2, 0.25) is 0 Å². The molecule has 0 saturated heterocycles. The third kappa shape index (κ3) is 2.75. The molecule has 0 aliphatic heterocycles. The molecular weight excluding hydrogens is 432 g/mol. The van der Waals surface area contributed by atoms with E-state index < -0.39 is 11.9 Å². The SMILES string of the molecule is COC(=O)c1ccc2oc3ccccc3c2c1-c1c(C(=O)OC)ccc2oc3ccccc3c12. The van der Waals surface area contributed by atoms with Gasteiger partial charge in [-0.1, -0.05) is 36.4 Å². The van der Waals surface area contributed by atoms with E-state index in [9.17, 15) is 9.59 Å². The molecule has 6 nitrogen and oxygen atoms in total. The minimum atomic E-state index is -0.525. The summed E-state index contributed by atoms with van der Waals surface area (Å²) < 4.78 is 22.5. The second kappa shape index (κ2) is 7.49. The van der Waals surface area contributed by atoms with Crippen LogP contribution in [-0.2, 0) is 9.47 Å². The highest BCUT2D eigenvalue weighted by Crippen LogP contribution is 2.45. The van der Waals surface area contributed by atoms with Crippen LogP contribution in [-0.4, -0.2) is 26.2 Å². The number of carbonyl (C=O) groups is 2. The number of benzene rings is 4. The van der Waals surface area contributed by atoms with Crippen LogP contribution in [0.4, 0.5) is 0 Å². The molecule has 0 amide bonds. The molecule has 2 aromatic heterocycles. The predicted molar refractivity (Wildman–Crippen MR) is 129 cm³/mol. The third-order valence-electron chi connectivity index (χ3n) is 6.15. The molecule has 0 aliphatic carbocycles. The Morgan fingerprint density at radius 2 is 0.971 bits per heavy atom. The Hall–Kier alpha value is -4.58. The molecule has 0 saturated carbocycles. The number of hydrogen-bond acceptors (Lipinski definition) is 6. The number of ether oxygens (including phenoxy) is 2. The summed E-state index contributed by atoms with van der Waals surface area (Å²) in [6.07, 6.45) is 0. The van der Waals surface area contributed by atoms with Crippen molar-refractivity contribution < 1.29 is 27.9 Å². The first-order chi connectivity index (χ1) is 16.6. The molecule has 0 atom stereocenters. The van der Waals surface area contributed by atoms with E-state index in [1.807, 2.05) is 48.5 Å². The summed E-state index contributed by atoms with van der Waals surface area (Å²) in [6.45, 7) is 0. The van der Waals surface area contributed by atoms with Gasteiger partial charge in [-0.25, -0.2) is 9.59 Å². The number of furan rings is 2. The first kappa shape index (κ1) is 20.1. The average Bonchev–Trinajstić information content (AvgIpc) is 3.45. The van der Waals surface area contributed by atoms with Crippen molar-refractivity contribution in [1.29, 1.82) is 0 Å². The molecule has 0 N–H and O–H groups in total. The van der Waals surface area contributed by atoms with Gasteiger partial charge >= 0.3 is 11.9 Å². The van der Waals surface area contributed by atoms with Crippen LogP contribution in [0.15, 0.2) is 81.6 Å². The second-order valence-electron chi connectivity index (χ2n) is 7.90. The van der Waals surface area contributed by atoms with Gasteiger partial charge in [-0.2, -0.15) is 0 Å². The quantitative estimate of drug-likeness (QED) is 0.278. The zero-order chi connectivity index (χ0) is 23.4. The van der Waals surface area contributed by atoms with Crippen molar-refractivity contribution in [2.24, 2.45) is 0 Å². The zero-order valence-corrected chi connectivity index (χ0v) is 18.4. The molecule has 0 radical (unpaired) electrons. The van der Waals surface area contributed by atoms with Crippen molar-refractivity contribution in [3.8, 4) is 11.1 Å². The zero-order valence-electron chi connectivity index (χ0n) is 18.4. The fraction of sp³-hybridized carbons (Fsp3) is 0.0714. The van der Waals surface area contributed by atoms with Crippen molar-refractivity contribution in [3.05, 3.63) is 83.9 Å². The number of esters is 2. The summed E-state index contributed by atoms with van der Waals surface area (Å²) in [5, 5.41) is 3.06. The van der Waals surface area contributed by atoms with Crippen LogP contribution >= 0.6 is 0 Å². The molecule has 34 heavy (non-hydrogen) atoms. The van der Waals surface area contributed by atoms with Gasteiger partial charge in [-0.05, 0) is 36.4 Å². The highest BCUT2D eigenvalue weighted by molar-refractivity contribution is 6.25. The molecule has 6 rings (SSSR count). The van der Waals surface area contributed by atoms with E-state index in [2.05, 4.69) is 0 Å². The standard InChI is InChI=1S/C28H18O6/c1-31-27(29)17-11-13-21-23(15-7-3-5-9-19(15)33-21)25(17)26-18(28(30)32-2)12-14-22-24(26)16-8-4-6-10-20(16)34-22/h3-14H,1-2H3. The molecule has 0 spiro atoms. The lowest BCUT2D eigenvalue weighted by atomic mass is 9.88. The van der Waals surface area contributed by atoms with Gasteiger partial charge in [-0.15, -0.1) is 0 Å². The molecule has 0 fully saturated rings. The fourth-order valence-electron chi connectivity index (χ4n) is 4.71. The monoisotopic (exact) mass is 450 g/mol. The molecule has 2 heterocycles. The Kier molecular flexibility index (Phi) is 4.42. The number of rotatable bonds is 3. The summed E-state index contributed by atoms with van der Waals surface area (Å²) in [5.74, 6) is -1.05. The van der Waals surface area contributed by atoms with E-state index in [0.717, 1.165) is 10.8 Å². The van der Waals surface area contributed by atoms with Gasteiger partial charge < -0.3 is 18.3 Å². The Balaban J connectivity index is 1.91. The molecule has 0 unspecified atom stereocenters. The Labute approximate surface area is 193 Å². The van der Waals surface area contributed by atoms with E-state index in [0.29, 0.717) is 55.4 Å². The maximum Gasteiger partial charge on any atom is 0.338 e. The largest absolute Gasteiger partial charge is 0.465 e. The highest BCUT2D eigenvalue weighted by Gasteiger charge is 2.28. The smallest absolute Gasteiger partial charge is 0.338 e. The maximum absolute atomic E-state index is 13.0. The van der Waals surface area contributed by atoms with Gasteiger partial charge in [-0.3, -0.25) is 0 Å². The first-order valence-electron chi connectivity index (χ1n) is 10.7. The van der Waals surface area contributed by atoms with Crippen molar-refractivity contribution in [2.75, 3.05) is 14.2 Å². The molecule has 166 valence electrons. The maximum atomic E-state index is 13.0. The van der Waals surface area contributed by atoms with Crippen molar-refractivity contribution in [1.82, 2.24) is 0 Å². The van der Waals surface area contributed by atoms with Crippen LogP contribution in [0.1, 0.15) is 20.7 Å². The topological polar surface area (TPSA) is 78.9 Å². The van der Waals surface area contributed by atoms with E-state index in [4.69, 9.17) is 18.3 Å². The first-order valence-corrected chi connectivity index (χ1v) is 10.7. The van der Waals surface area contributed by atoms with E-state index in [-0.39, 0.29) is 0 Å². The lowest BCUT2D eigenvalue weighted by Crippen LogP contribution is -2.08.